The summed E-state index contributed by atoms with van der Waals surface area (Å²) in [5, 5.41) is 3.57. The Hall–Kier alpha value is -0.0800. The molecule has 1 aliphatic rings. The lowest BCUT2D eigenvalue weighted by molar-refractivity contribution is 0.134. The SMILES string of the molecule is CCCNC(C)CCN1CCC(C)C(C)C1. The molecular formula is C14H30N2. The van der Waals surface area contributed by atoms with Gasteiger partial charge in [-0.3, -0.25) is 0 Å². The van der Waals surface area contributed by atoms with Crippen LogP contribution in [0, 0.1) is 11.8 Å². The third-order valence-corrected chi connectivity index (χ3v) is 4.04. The highest BCUT2D eigenvalue weighted by Crippen LogP contribution is 2.22. The molecule has 2 heteroatoms. The molecule has 1 N–H and O–H groups in total. The van der Waals surface area contributed by atoms with Crippen LogP contribution in [0.2, 0.25) is 0 Å². The van der Waals surface area contributed by atoms with Crippen molar-refractivity contribution in [2.45, 2.75) is 53.0 Å². The first kappa shape index (κ1) is 14.0. The van der Waals surface area contributed by atoms with Gasteiger partial charge in [-0.05, 0) is 57.7 Å². The van der Waals surface area contributed by atoms with E-state index in [1.54, 1.807) is 0 Å². The van der Waals surface area contributed by atoms with Crippen LogP contribution in [0.1, 0.15) is 47.0 Å². The molecule has 0 bridgehead atoms. The van der Waals surface area contributed by atoms with Crippen LogP contribution in [0.25, 0.3) is 0 Å². The molecule has 0 saturated carbocycles. The van der Waals surface area contributed by atoms with Crippen molar-refractivity contribution in [1.29, 1.82) is 0 Å². The Morgan fingerprint density at radius 2 is 2.06 bits per heavy atom. The Morgan fingerprint density at radius 3 is 2.69 bits per heavy atom. The maximum absolute atomic E-state index is 3.57. The Kier molecular flexibility index (Phi) is 6.37. The van der Waals surface area contributed by atoms with Gasteiger partial charge >= 0.3 is 0 Å². The zero-order valence-corrected chi connectivity index (χ0v) is 11.6. The molecule has 0 aliphatic carbocycles. The van der Waals surface area contributed by atoms with E-state index in [-0.39, 0.29) is 0 Å². The highest BCUT2D eigenvalue weighted by Gasteiger charge is 2.22. The molecule has 1 rings (SSSR count). The summed E-state index contributed by atoms with van der Waals surface area (Å²) in [7, 11) is 0. The molecule has 3 atom stereocenters. The average molecular weight is 226 g/mol. The van der Waals surface area contributed by atoms with E-state index in [9.17, 15) is 0 Å². The minimum atomic E-state index is 0.676. The second kappa shape index (κ2) is 7.29. The van der Waals surface area contributed by atoms with E-state index in [2.05, 4.69) is 37.9 Å². The Balaban J connectivity index is 2.13. The second-order valence-electron chi connectivity index (χ2n) is 5.69. The van der Waals surface area contributed by atoms with Gasteiger partial charge in [0.15, 0.2) is 0 Å². The summed E-state index contributed by atoms with van der Waals surface area (Å²) in [6.45, 7) is 14.4. The molecule has 1 heterocycles. The minimum absolute atomic E-state index is 0.676. The normalized spacial score (nSPS) is 29.2. The summed E-state index contributed by atoms with van der Waals surface area (Å²) >= 11 is 0. The van der Waals surface area contributed by atoms with E-state index in [0.717, 1.165) is 18.4 Å². The molecule has 0 aromatic heterocycles. The molecule has 0 aromatic carbocycles. The zero-order chi connectivity index (χ0) is 12.0. The number of hydrogen-bond acceptors (Lipinski definition) is 2. The van der Waals surface area contributed by atoms with Gasteiger partial charge in [-0.25, -0.2) is 0 Å². The third kappa shape index (κ3) is 4.84. The molecule has 1 saturated heterocycles. The maximum Gasteiger partial charge on any atom is 0.00508 e. The van der Waals surface area contributed by atoms with E-state index < -0.39 is 0 Å². The average Bonchev–Trinajstić information content (AvgIpc) is 2.28. The fraction of sp³-hybridized carbons (Fsp3) is 1.00. The predicted octanol–water partition coefficient (Wildman–Crippen LogP) is 2.74. The Labute approximate surface area is 102 Å². The van der Waals surface area contributed by atoms with Crippen LogP contribution in [-0.4, -0.2) is 37.1 Å². The first-order valence-corrected chi connectivity index (χ1v) is 7.09. The molecule has 2 nitrogen and oxygen atoms in total. The number of hydrogen-bond donors (Lipinski definition) is 1. The summed E-state index contributed by atoms with van der Waals surface area (Å²) in [5.74, 6) is 1.81. The first-order chi connectivity index (χ1) is 7.63. The van der Waals surface area contributed by atoms with Gasteiger partial charge in [0.05, 0.1) is 0 Å². The van der Waals surface area contributed by atoms with E-state index in [1.807, 2.05) is 0 Å². The van der Waals surface area contributed by atoms with Crippen molar-refractivity contribution in [2.24, 2.45) is 11.8 Å². The lowest BCUT2D eigenvalue weighted by Gasteiger charge is -2.35. The van der Waals surface area contributed by atoms with Crippen molar-refractivity contribution < 1.29 is 0 Å². The standard InChI is InChI=1S/C14H30N2/c1-5-8-15-14(4)7-10-16-9-6-12(2)13(3)11-16/h12-15H,5-11H2,1-4H3. The lowest BCUT2D eigenvalue weighted by Crippen LogP contribution is -2.40. The summed E-state index contributed by atoms with van der Waals surface area (Å²) in [4.78, 5) is 2.65. The quantitative estimate of drug-likeness (QED) is 0.749. The fourth-order valence-electron chi connectivity index (χ4n) is 2.42. The number of likely N-dealkylation sites (tertiary alicyclic amines) is 1. The van der Waals surface area contributed by atoms with Gasteiger partial charge < -0.3 is 10.2 Å². The van der Waals surface area contributed by atoms with Gasteiger partial charge in [-0.2, -0.15) is 0 Å². The van der Waals surface area contributed by atoms with Crippen LogP contribution < -0.4 is 5.32 Å². The van der Waals surface area contributed by atoms with Crippen LogP contribution in [0.15, 0.2) is 0 Å². The van der Waals surface area contributed by atoms with Crippen molar-refractivity contribution in [3.8, 4) is 0 Å². The van der Waals surface area contributed by atoms with Crippen molar-refractivity contribution >= 4 is 0 Å². The highest BCUT2D eigenvalue weighted by molar-refractivity contribution is 4.76. The van der Waals surface area contributed by atoms with E-state index in [1.165, 1.54) is 38.9 Å². The van der Waals surface area contributed by atoms with Crippen molar-refractivity contribution in [1.82, 2.24) is 10.2 Å². The molecule has 1 fully saturated rings. The monoisotopic (exact) mass is 226 g/mol. The Bertz CT molecular complexity index is 182. The summed E-state index contributed by atoms with van der Waals surface area (Å²) in [6, 6.07) is 0.676. The minimum Gasteiger partial charge on any atom is -0.314 e. The van der Waals surface area contributed by atoms with E-state index >= 15 is 0 Å². The van der Waals surface area contributed by atoms with Gasteiger partial charge in [0, 0.05) is 12.6 Å². The van der Waals surface area contributed by atoms with Gasteiger partial charge in [0.1, 0.15) is 0 Å². The molecule has 96 valence electrons. The van der Waals surface area contributed by atoms with Crippen LogP contribution >= 0.6 is 0 Å². The third-order valence-electron chi connectivity index (χ3n) is 4.04. The van der Waals surface area contributed by atoms with Crippen molar-refractivity contribution in [3.05, 3.63) is 0 Å². The summed E-state index contributed by atoms with van der Waals surface area (Å²) in [5.41, 5.74) is 0. The number of nitrogens with one attached hydrogen (secondary N) is 1. The molecule has 0 spiro atoms. The fourth-order valence-corrected chi connectivity index (χ4v) is 2.42. The van der Waals surface area contributed by atoms with Crippen LogP contribution in [0.4, 0.5) is 0 Å². The topological polar surface area (TPSA) is 15.3 Å². The van der Waals surface area contributed by atoms with Gasteiger partial charge in [-0.15, -0.1) is 0 Å². The van der Waals surface area contributed by atoms with E-state index in [0.29, 0.717) is 6.04 Å². The zero-order valence-electron chi connectivity index (χ0n) is 11.6. The molecule has 0 amide bonds. The number of piperidine rings is 1. The van der Waals surface area contributed by atoms with Gasteiger partial charge in [-0.1, -0.05) is 20.8 Å². The van der Waals surface area contributed by atoms with Gasteiger partial charge in [0.2, 0.25) is 0 Å². The van der Waals surface area contributed by atoms with Crippen LogP contribution in [0.3, 0.4) is 0 Å². The molecule has 16 heavy (non-hydrogen) atoms. The molecular weight excluding hydrogens is 196 g/mol. The first-order valence-electron chi connectivity index (χ1n) is 7.09. The smallest absolute Gasteiger partial charge is 0.00508 e. The van der Waals surface area contributed by atoms with E-state index in [4.69, 9.17) is 0 Å². The van der Waals surface area contributed by atoms with Crippen LogP contribution in [0.5, 0.6) is 0 Å². The maximum atomic E-state index is 3.57. The summed E-state index contributed by atoms with van der Waals surface area (Å²) in [6.07, 6.45) is 3.92. The summed E-state index contributed by atoms with van der Waals surface area (Å²) < 4.78 is 0. The largest absolute Gasteiger partial charge is 0.314 e. The molecule has 0 radical (unpaired) electrons. The highest BCUT2D eigenvalue weighted by atomic mass is 15.1. The second-order valence-corrected chi connectivity index (χ2v) is 5.69. The lowest BCUT2D eigenvalue weighted by atomic mass is 9.88. The van der Waals surface area contributed by atoms with Crippen molar-refractivity contribution in [3.63, 3.8) is 0 Å². The van der Waals surface area contributed by atoms with Gasteiger partial charge in [0.25, 0.3) is 0 Å². The number of rotatable bonds is 6. The predicted molar refractivity (Wildman–Crippen MR) is 71.8 cm³/mol. The molecule has 1 aliphatic heterocycles. The number of nitrogens with zero attached hydrogens (tertiary/aromatic N) is 1. The Morgan fingerprint density at radius 1 is 1.31 bits per heavy atom. The van der Waals surface area contributed by atoms with Crippen molar-refractivity contribution in [2.75, 3.05) is 26.2 Å². The van der Waals surface area contributed by atoms with Crippen LogP contribution in [-0.2, 0) is 0 Å². The molecule has 0 aromatic rings. The molecule has 3 unspecified atom stereocenters.